The van der Waals surface area contributed by atoms with E-state index in [4.69, 9.17) is 0 Å². The molecule has 1 radical (unpaired) electrons. The molecule has 25 valence electrons. The molecule has 0 aromatic rings. The molecule has 0 fully saturated rings. The molecular weight excluding hydrogens is 181 g/mol. The van der Waals surface area contributed by atoms with Crippen molar-refractivity contribution in [2.75, 3.05) is 0 Å². The molecule has 0 nitrogen and oxygen atoms in total. The van der Waals surface area contributed by atoms with Crippen LogP contribution < -0.4 is 0 Å². The molecule has 0 aliphatic carbocycles. The summed E-state index contributed by atoms with van der Waals surface area (Å²) in [4.78, 5) is 0. The molecule has 0 aliphatic rings. The van der Waals surface area contributed by atoms with Gasteiger partial charge in [-0.05, 0) is 11.0 Å². The second-order valence-electron chi connectivity index (χ2n) is 0. The van der Waals surface area contributed by atoms with Crippen molar-refractivity contribution in [3.05, 3.63) is 0 Å². The molecule has 0 spiro atoms. The Morgan fingerprint density at radius 2 is 1.25 bits per heavy atom. The molecule has 0 saturated heterocycles. The van der Waals surface area contributed by atoms with Gasteiger partial charge in [-0.1, -0.05) is 0 Å². The van der Waals surface area contributed by atoms with E-state index in [0.29, 0.717) is 0 Å². The molecule has 4 heteroatoms. The van der Waals surface area contributed by atoms with Crippen LogP contribution in [0.25, 0.3) is 0 Å². The van der Waals surface area contributed by atoms with Crippen molar-refractivity contribution in [2.45, 2.75) is 0 Å². The zero-order valence-corrected chi connectivity index (χ0v) is 7.04. The van der Waals surface area contributed by atoms with E-state index >= 15 is 0 Å². The van der Waals surface area contributed by atoms with Crippen molar-refractivity contribution in [1.29, 1.82) is 0 Å². The molecule has 0 heterocycles. The van der Waals surface area contributed by atoms with Gasteiger partial charge >= 0.3 is 23.1 Å². The fourth-order valence-corrected chi connectivity index (χ4v) is 0. The maximum Gasteiger partial charge on any atom is 2.00 e. The van der Waals surface area contributed by atoms with Crippen LogP contribution in [0.15, 0.2) is 0 Å². The fraction of sp³-hybridized carbons (Fsp3) is 0. The van der Waals surface area contributed by atoms with E-state index in [2.05, 4.69) is 0 Å². The maximum absolute atomic E-state index is 0. The van der Waals surface area contributed by atoms with Gasteiger partial charge in [0, 0.05) is 36.5 Å². The van der Waals surface area contributed by atoms with Crippen LogP contribution in [0.1, 0.15) is 2.85 Å². The zero-order valence-electron chi connectivity index (χ0n) is 3.72. The summed E-state index contributed by atoms with van der Waals surface area (Å²) in [5.74, 6) is 0. The van der Waals surface area contributed by atoms with Crippen molar-refractivity contribution >= 4 is 34.0 Å². The van der Waals surface area contributed by atoms with Crippen molar-refractivity contribution < 1.29 is 39.4 Å². The molecule has 0 amide bonds. The third-order valence-electron chi connectivity index (χ3n) is 0. The minimum atomic E-state index is 0. The van der Waals surface area contributed by atoms with Crippen LogP contribution >= 0.6 is 0 Å². The molecule has 0 atom stereocenters. The van der Waals surface area contributed by atoms with Gasteiger partial charge in [0.15, 0.2) is 0 Å². The molecule has 0 saturated carbocycles. The standard InChI is InChI=1S/Cu.Mg.H4Si.Zn.2H/h;;1H4;;;/q;+2;;;2*-1. The molecule has 4 heavy (non-hydrogen) atoms. The number of rotatable bonds is 0. The van der Waals surface area contributed by atoms with E-state index in [1.165, 1.54) is 0 Å². The molecule has 0 aliphatic heterocycles. The smallest absolute Gasteiger partial charge is 1.00 e. The van der Waals surface area contributed by atoms with Gasteiger partial charge in [0.2, 0.25) is 0 Å². The molecule has 0 aromatic carbocycles. The Balaban J connectivity index is 0. The quantitative estimate of drug-likeness (QED) is 0.400. The van der Waals surface area contributed by atoms with Gasteiger partial charge in [-0.25, -0.2) is 0 Å². The van der Waals surface area contributed by atoms with Crippen LogP contribution in [0.5, 0.6) is 0 Å². The van der Waals surface area contributed by atoms with Gasteiger partial charge in [0.1, 0.15) is 0 Å². The van der Waals surface area contributed by atoms with Crippen LogP contribution in [-0.2, 0) is 36.5 Å². The molecule has 0 aromatic heterocycles. The summed E-state index contributed by atoms with van der Waals surface area (Å²) in [6.07, 6.45) is 0. The van der Waals surface area contributed by atoms with Gasteiger partial charge in [-0.15, -0.1) is 0 Å². The summed E-state index contributed by atoms with van der Waals surface area (Å²) in [5.41, 5.74) is 0. The van der Waals surface area contributed by atoms with Gasteiger partial charge in [-0.2, -0.15) is 0 Å². The van der Waals surface area contributed by atoms with Gasteiger partial charge < -0.3 is 2.85 Å². The SMILES string of the molecule is [Cu].[H-].[H-].[Mg+2].[SiH4].[Zn]. The third-order valence-corrected chi connectivity index (χ3v) is 0. The second-order valence-corrected chi connectivity index (χ2v) is 0. The van der Waals surface area contributed by atoms with E-state index in [0.717, 1.165) is 0 Å². The average molecular weight is 187 g/mol. The predicted molar refractivity (Wildman–Crippen MR) is 19.3 cm³/mol. The monoisotopic (exact) mass is 185 g/mol. The first-order valence-electron chi connectivity index (χ1n) is 0. The minimum Gasteiger partial charge on any atom is -1.00 e. The van der Waals surface area contributed by atoms with E-state index < -0.39 is 0 Å². The van der Waals surface area contributed by atoms with Crippen molar-refractivity contribution in [3.8, 4) is 0 Å². The molecular formula is H6CuMgSiZn. The number of hydrogen-bond donors (Lipinski definition) is 0. The molecule has 0 rings (SSSR count). The molecule has 0 N–H and O–H groups in total. The van der Waals surface area contributed by atoms with Gasteiger partial charge in [0.05, 0.1) is 0 Å². The Kier molecular flexibility index (Phi) is 172. The Hall–Kier alpha value is 2.13. The Labute approximate surface area is 72.9 Å². The Bertz CT molecular complexity index is 13.5. The van der Waals surface area contributed by atoms with Crippen LogP contribution in [-0.4, -0.2) is 34.0 Å². The van der Waals surface area contributed by atoms with E-state index in [1.54, 1.807) is 0 Å². The second kappa shape index (κ2) is 19.3. The predicted octanol–water partition coefficient (Wildman–Crippen LogP) is -1.61. The van der Waals surface area contributed by atoms with Crippen molar-refractivity contribution in [2.24, 2.45) is 0 Å². The Morgan fingerprint density at radius 3 is 1.25 bits per heavy atom. The van der Waals surface area contributed by atoms with Crippen LogP contribution in [0.4, 0.5) is 0 Å². The van der Waals surface area contributed by atoms with Crippen LogP contribution in [0, 0.1) is 0 Å². The normalized spacial score (nSPS) is 0. The van der Waals surface area contributed by atoms with Gasteiger partial charge in [-0.3, -0.25) is 0 Å². The largest absolute Gasteiger partial charge is 2.00 e. The first kappa shape index (κ1) is 35.6. The Morgan fingerprint density at radius 1 is 1.25 bits per heavy atom. The van der Waals surface area contributed by atoms with Crippen molar-refractivity contribution in [3.63, 3.8) is 0 Å². The molecule has 0 unspecified atom stereocenters. The fourth-order valence-electron chi connectivity index (χ4n) is 0. The number of hydrogen-bond acceptors (Lipinski definition) is 0. The summed E-state index contributed by atoms with van der Waals surface area (Å²) in [6.45, 7) is 0. The summed E-state index contributed by atoms with van der Waals surface area (Å²) >= 11 is 0. The summed E-state index contributed by atoms with van der Waals surface area (Å²) in [5, 5.41) is 0. The van der Waals surface area contributed by atoms with E-state index in [9.17, 15) is 0 Å². The summed E-state index contributed by atoms with van der Waals surface area (Å²) in [6, 6.07) is 0. The van der Waals surface area contributed by atoms with E-state index in [-0.39, 0.29) is 73.4 Å². The topological polar surface area (TPSA) is 0 Å². The zero-order chi connectivity index (χ0) is 0. The van der Waals surface area contributed by atoms with Crippen LogP contribution in [0.3, 0.4) is 0 Å². The molecule has 0 bridgehead atoms. The van der Waals surface area contributed by atoms with Crippen LogP contribution in [0.2, 0.25) is 0 Å². The first-order valence-corrected chi connectivity index (χ1v) is 0. The van der Waals surface area contributed by atoms with Crippen molar-refractivity contribution in [1.82, 2.24) is 0 Å². The average Bonchev–Trinajstić information content (AvgIpc) is 0. The first-order chi connectivity index (χ1) is 0. The van der Waals surface area contributed by atoms with E-state index in [1.807, 2.05) is 0 Å². The minimum absolute atomic E-state index is 0. The van der Waals surface area contributed by atoms with Gasteiger partial charge in [0.25, 0.3) is 0 Å². The summed E-state index contributed by atoms with van der Waals surface area (Å²) in [7, 11) is 0. The maximum atomic E-state index is 0. The summed E-state index contributed by atoms with van der Waals surface area (Å²) < 4.78 is 0. The third kappa shape index (κ3) is 8.92.